The summed E-state index contributed by atoms with van der Waals surface area (Å²) in [6.45, 7) is 11.8. The number of aromatic nitrogens is 1. The summed E-state index contributed by atoms with van der Waals surface area (Å²) in [7, 11) is 0. The molecule has 0 saturated carbocycles. The predicted octanol–water partition coefficient (Wildman–Crippen LogP) is 4.26. The summed E-state index contributed by atoms with van der Waals surface area (Å²) in [4.78, 5) is 31.3. The number of amides is 2. The van der Waals surface area contributed by atoms with Crippen LogP contribution in [-0.2, 0) is 14.9 Å². The van der Waals surface area contributed by atoms with Crippen LogP contribution in [-0.4, -0.2) is 48.0 Å². The second-order valence-corrected chi connectivity index (χ2v) is 8.80. The van der Waals surface area contributed by atoms with Gasteiger partial charge in [0.05, 0.1) is 5.69 Å². The minimum Gasteiger partial charge on any atom is -0.382 e. The number of thiazole rings is 1. The van der Waals surface area contributed by atoms with Crippen molar-refractivity contribution in [2.45, 2.75) is 46.5 Å². The molecule has 1 heterocycles. The maximum atomic E-state index is 13.1. The summed E-state index contributed by atoms with van der Waals surface area (Å²) < 4.78 is 5.38. The number of hydrogen-bond donors (Lipinski definition) is 1. The fourth-order valence-electron chi connectivity index (χ4n) is 2.79. The summed E-state index contributed by atoms with van der Waals surface area (Å²) in [6.07, 6.45) is 0.670. The number of rotatable bonds is 9. The SMILES string of the molecule is CCOCCCN(CC(=O)Nc1nc(C)cs1)C(=O)c1ccc(C(C)(C)C)cc1. The zero-order valence-electron chi connectivity index (χ0n) is 17.9. The van der Waals surface area contributed by atoms with Gasteiger partial charge in [0.15, 0.2) is 5.13 Å². The fourth-order valence-corrected chi connectivity index (χ4v) is 3.50. The van der Waals surface area contributed by atoms with E-state index >= 15 is 0 Å². The lowest BCUT2D eigenvalue weighted by Gasteiger charge is -2.23. The molecule has 0 unspecified atom stereocenters. The fraction of sp³-hybridized carbons (Fsp3) is 0.500. The van der Waals surface area contributed by atoms with E-state index in [4.69, 9.17) is 4.74 Å². The van der Waals surface area contributed by atoms with Gasteiger partial charge in [-0.2, -0.15) is 0 Å². The second-order valence-electron chi connectivity index (χ2n) is 7.95. The van der Waals surface area contributed by atoms with Crippen molar-refractivity contribution in [3.05, 3.63) is 46.5 Å². The van der Waals surface area contributed by atoms with Gasteiger partial charge >= 0.3 is 0 Å². The van der Waals surface area contributed by atoms with Gasteiger partial charge in [0.1, 0.15) is 6.54 Å². The normalized spacial score (nSPS) is 11.3. The second kappa shape index (κ2) is 10.5. The smallest absolute Gasteiger partial charge is 0.254 e. The van der Waals surface area contributed by atoms with Gasteiger partial charge in [-0.25, -0.2) is 4.98 Å². The van der Waals surface area contributed by atoms with Gasteiger partial charge in [-0.3, -0.25) is 9.59 Å². The van der Waals surface area contributed by atoms with Crippen LogP contribution in [0.2, 0.25) is 0 Å². The molecule has 0 aliphatic carbocycles. The van der Waals surface area contributed by atoms with Crippen molar-refractivity contribution in [3.8, 4) is 0 Å². The molecule has 1 aromatic heterocycles. The standard InChI is InChI=1S/C22H31N3O3S/c1-6-28-13-7-12-25(14-19(26)24-21-23-16(2)15-29-21)20(27)17-8-10-18(11-9-17)22(3,4)5/h8-11,15H,6-7,12-14H2,1-5H3,(H,23,24,26). The van der Waals surface area contributed by atoms with Gasteiger partial charge in [0, 0.05) is 30.7 Å². The van der Waals surface area contributed by atoms with Gasteiger partial charge in [-0.15, -0.1) is 11.3 Å². The lowest BCUT2D eigenvalue weighted by molar-refractivity contribution is -0.116. The topological polar surface area (TPSA) is 71.5 Å². The Labute approximate surface area is 177 Å². The molecule has 7 heteroatoms. The van der Waals surface area contributed by atoms with Crippen LogP contribution >= 0.6 is 11.3 Å². The van der Waals surface area contributed by atoms with Crippen molar-refractivity contribution in [1.29, 1.82) is 0 Å². The van der Waals surface area contributed by atoms with E-state index in [2.05, 4.69) is 31.1 Å². The summed E-state index contributed by atoms with van der Waals surface area (Å²) in [6, 6.07) is 7.62. The first-order valence-electron chi connectivity index (χ1n) is 9.90. The quantitative estimate of drug-likeness (QED) is 0.619. The molecule has 0 aliphatic rings. The summed E-state index contributed by atoms with van der Waals surface area (Å²) in [5, 5.41) is 5.19. The first-order valence-corrected chi connectivity index (χ1v) is 10.8. The Hall–Kier alpha value is -2.25. The van der Waals surface area contributed by atoms with Crippen molar-refractivity contribution >= 4 is 28.3 Å². The lowest BCUT2D eigenvalue weighted by Crippen LogP contribution is -2.39. The molecular formula is C22H31N3O3S. The van der Waals surface area contributed by atoms with Crippen LogP contribution in [0, 0.1) is 6.92 Å². The number of anilines is 1. The van der Waals surface area contributed by atoms with Crippen LogP contribution in [0.25, 0.3) is 0 Å². The largest absolute Gasteiger partial charge is 0.382 e. The number of carbonyl (C=O) groups excluding carboxylic acids is 2. The third kappa shape index (κ3) is 7.25. The maximum Gasteiger partial charge on any atom is 0.254 e. The Balaban J connectivity index is 2.08. The molecule has 0 bridgehead atoms. The molecule has 0 saturated heterocycles. The molecule has 1 aromatic carbocycles. The van der Waals surface area contributed by atoms with Gasteiger partial charge in [-0.05, 0) is 43.4 Å². The van der Waals surface area contributed by atoms with Crippen LogP contribution in [0.5, 0.6) is 0 Å². The van der Waals surface area contributed by atoms with Crippen LogP contribution in [0.4, 0.5) is 5.13 Å². The predicted molar refractivity (Wildman–Crippen MR) is 118 cm³/mol. The highest BCUT2D eigenvalue weighted by Crippen LogP contribution is 2.22. The van der Waals surface area contributed by atoms with Gasteiger partial charge in [0.2, 0.25) is 5.91 Å². The molecule has 0 spiro atoms. The van der Waals surface area contributed by atoms with Crippen LogP contribution in [0.15, 0.2) is 29.6 Å². The van der Waals surface area contributed by atoms with Crippen molar-refractivity contribution in [2.24, 2.45) is 0 Å². The lowest BCUT2D eigenvalue weighted by atomic mass is 9.86. The average molecular weight is 418 g/mol. The van der Waals surface area contributed by atoms with Crippen molar-refractivity contribution in [3.63, 3.8) is 0 Å². The first kappa shape index (κ1) is 23.0. The number of hydrogen-bond acceptors (Lipinski definition) is 5. The number of nitrogens with zero attached hydrogens (tertiary/aromatic N) is 2. The van der Waals surface area contributed by atoms with E-state index in [9.17, 15) is 9.59 Å². The molecule has 0 fully saturated rings. The van der Waals surface area contributed by atoms with E-state index in [1.807, 2.05) is 43.5 Å². The van der Waals surface area contributed by atoms with E-state index in [1.54, 1.807) is 4.90 Å². The minimum atomic E-state index is -0.254. The third-order valence-electron chi connectivity index (χ3n) is 4.41. The molecule has 0 atom stereocenters. The van der Waals surface area contributed by atoms with Gasteiger partial charge in [0.25, 0.3) is 5.91 Å². The van der Waals surface area contributed by atoms with E-state index in [-0.39, 0.29) is 23.8 Å². The summed E-state index contributed by atoms with van der Waals surface area (Å²) >= 11 is 1.37. The van der Waals surface area contributed by atoms with Crippen LogP contribution in [0.3, 0.4) is 0 Å². The average Bonchev–Trinajstić information content (AvgIpc) is 3.07. The van der Waals surface area contributed by atoms with Crippen molar-refractivity contribution in [1.82, 2.24) is 9.88 Å². The minimum absolute atomic E-state index is 0.0183. The van der Waals surface area contributed by atoms with Crippen LogP contribution < -0.4 is 5.32 Å². The van der Waals surface area contributed by atoms with E-state index in [0.717, 1.165) is 11.3 Å². The summed E-state index contributed by atoms with van der Waals surface area (Å²) in [5.74, 6) is -0.414. The Morgan fingerprint density at radius 1 is 1.21 bits per heavy atom. The van der Waals surface area contributed by atoms with Gasteiger partial charge < -0.3 is 15.0 Å². The van der Waals surface area contributed by atoms with E-state index in [0.29, 0.717) is 36.9 Å². The molecule has 2 rings (SSSR count). The molecule has 0 aliphatic heterocycles. The molecule has 158 valence electrons. The van der Waals surface area contributed by atoms with E-state index in [1.165, 1.54) is 11.3 Å². The first-order chi connectivity index (χ1) is 13.7. The third-order valence-corrected chi connectivity index (χ3v) is 5.28. The molecule has 0 radical (unpaired) electrons. The maximum absolute atomic E-state index is 13.1. The molecule has 6 nitrogen and oxygen atoms in total. The Bertz CT molecular complexity index is 809. The van der Waals surface area contributed by atoms with Crippen molar-refractivity contribution in [2.75, 3.05) is 31.6 Å². The molecule has 2 aromatic rings. The Morgan fingerprint density at radius 3 is 2.45 bits per heavy atom. The zero-order valence-corrected chi connectivity index (χ0v) is 18.8. The number of aryl methyl sites for hydroxylation is 1. The number of carbonyl (C=O) groups is 2. The van der Waals surface area contributed by atoms with E-state index < -0.39 is 0 Å². The summed E-state index contributed by atoms with van der Waals surface area (Å²) in [5.41, 5.74) is 2.61. The monoisotopic (exact) mass is 417 g/mol. The molecule has 1 N–H and O–H groups in total. The van der Waals surface area contributed by atoms with Crippen molar-refractivity contribution < 1.29 is 14.3 Å². The zero-order chi connectivity index (χ0) is 21.4. The highest BCUT2D eigenvalue weighted by molar-refractivity contribution is 7.13. The molecule has 2 amide bonds. The van der Waals surface area contributed by atoms with Crippen LogP contribution in [0.1, 0.15) is 55.7 Å². The highest BCUT2D eigenvalue weighted by atomic mass is 32.1. The molecule has 29 heavy (non-hydrogen) atoms. The Morgan fingerprint density at radius 2 is 1.90 bits per heavy atom. The number of ether oxygens (including phenoxy) is 1. The number of benzene rings is 1. The Kier molecular flexibility index (Phi) is 8.34. The number of nitrogens with one attached hydrogen (secondary N) is 1. The molecular weight excluding hydrogens is 386 g/mol. The van der Waals surface area contributed by atoms with Gasteiger partial charge in [-0.1, -0.05) is 32.9 Å². The highest BCUT2D eigenvalue weighted by Gasteiger charge is 2.20.